The number of phenols is 3. The van der Waals surface area contributed by atoms with Crippen molar-refractivity contribution in [1.29, 1.82) is 0 Å². The predicted molar refractivity (Wildman–Crippen MR) is 46.3 cm³/mol. The van der Waals surface area contributed by atoms with Gasteiger partial charge in [0, 0.05) is 5.56 Å². The topological polar surface area (TPSA) is 113 Å². The number of hydrogen-bond donors (Lipinski definition) is 3. The molecule has 1 heterocycles. The van der Waals surface area contributed by atoms with Gasteiger partial charge in [-0.25, -0.2) is 0 Å². The zero-order valence-electron chi connectivity index (χ0n) is 7.38. The van der Waals surface area contributed by atoms with E-state index in [9.17, 15) is 23.7 Å². The van der Waals surface area contributed by atoms with Crippen molar-refractivity contribution in [2.75, 3.05) is 0 Å². The second-order valence-electron chi connectivity index (χ2n) is 2.90. The summed E-state index contributed by atoms with van der Waals surface area (Å²) in [4.78, 5) is 0. The minimum Gasteiger partial charge on any atom is -0.504 e. The molecule has 0 fully saturated rings. The van der Waals surface area contributed by atoms with Gasteiger partial charge in [0.05, 0.1) is 0 Å². The van der Waals surface area contributed by atoms with Crippen LogP contribution in [0.4, 0.5) is 0 Å². The van der Waals surface area contributed by atoms with Crippen LogP contribution in [0.1, 0.15) is 5.56 Å². The van der Waals surface area contributed by atoms with E-state index >= 15 is 0 Å². The molecule has 15 heavy (non-hydrogen) atoms. The van der Waals surface area contributed by atoms with E-state index in [1.54, 1.807) is 0 Å². The summed E-state index contributed by atoms with van der Waals surface area (Å²) in [6, 6.07) is 0. The maximum Gasteiger partial charge on any atom is 0.501 e. The Morgan fingerprint density at radius 2 is 1.47 bits per heavy atom. The molecule has 82 valence electrons. The lowest BCUT2D eigenvalue weighted by molar-refractivity contribution is 0.357. The van der Waals surface area contributed by atoms with Crippen LogP contribution in [0.25, 0.3) is 0 Å². The second kappa shape index (κ2) is 2.60. The number of hydrogen-bond acceptors (Lipinski definition) is 7. The van der Waals surface area contributed by atoms with Crippen molar-refractivity contribution in [3.8, 4) is 28.7 Å². The van der Waals surface area contributed by atoms with E-state index in [4.69, 9.17) is 0 Å². The molecule has 0 unspecified atom stereocenters. The fraction of sp³-hybridized carbons (Fsp3) is 0.143. The molecule has 0 bridgehead atoms. The Morgan fingerprint density at radius 3 is 2.07 bits per heavy atom. The van der Waals surface area contributed by atoms with Crippen molar-refractivity contribution < 1.29 is 32.1 Å². The largest absolute Gasteiger partial charge is 0.504 e. The van der Waals surface area contributed by atoms with Gasteiger partial charge in [0.2, 0.25) is 23.0 Å². The first-order valence-electron chi connectivity index (χ1n) is 3.75. The minimum absolute atomic E-state index is 0.0404. The highest BCUT2D eigenvalue weighted by Gasteiger charge is 2.36. The van der Waals surface area contributed by atoms with E-state index in [0.29, 0.717) is 0 Å². The summed E-state index contributed by atoms with van der Waals surface area (Å²) in [6.07, 6.45) is 0. The van der Waals surface area contributed by atoms with Crippen LogP contribution in [-0.2, 0) is 10.4 Å². The first-order chi connectivity index (χ1) is 6.83. The molecule has 1 aliphatic rings. The summed E-state index contributed by atoms with van der Waals surface area (Å²) in [5.74, 6) is -3.25. The molecule has 0 spiro atoms. The Morgan fingerprint density at radius 1 is 0.933 bits per heavy atom. The van der Waals surface area contributed by atoms with Gasteiger partial charge < -0.3 is 23.7 Å². The highest BCUT2D eigenvalue weighted by Crippen LogP contribution is 2.54. The third kappa shape index (κ3) is 1.22. The van der Waals surface area contributed by atoms with Gasteiger partial charge in [-0.3, -0.25) is 0 Å². The van der Waals surface area contributed by atoms with E-state index in [1.807, 2.05) is 0 Å². The van der Waals surface area contributed by atoms with Gasteiger partial charge in [0.15, 0.2) is 5.75 Å². The predicted octanol–water partition coefficient (Wildman–Crippen LogP) is 0.128. The Kier molecular flexibility index (Phi) is 1.68. The number of rotatable bonds is 0. The van der Waals surface area contributed by atoms with Gasteiger partial charge in [-0.05, 0) is 6.92 Å². The SMILES string of the molecule is Cc1c(O)c(O)c(O)c2c1OS(=O)(=O)O2. The summed E-state index contributed by atoms with van der Waals surface area (Å²) < 4.78 is 30.4. The van der Waals surface area contributed by atoms with Crippen molar-refractivity contribution >= 4 is 10.4 Å². The van der Waals surface area contributed by atoms with Crippen LogP contribution in [0, 0.1) is 6.92 Å². The highest BCUT2D eigenvalue weighted by molar-refractivity contribution is 7.82. The molecule has 0 aromatic heterocycles. The normalized spacial score (nSPS) is 16.6. The smallest absolute Gasteiger partial charge is 0.501 e. The summed E-state index contributed by atoms with van der Waals surface area (Å²) in [7, 11) is -4.27. The number of phenolic OH excluding ortho intramolecular Hbond substituents is 3. The molecule has 0 amide bonds. The molecule has 1 aliphatic heterocycles. The molecule has 0 saturated heterocycles. The molecule has 7 nitrogen and oxygen atoms in total. The molecule has 1 aromatic carbocycles. The molecule has 8 heteroatoms. The van der Waals surface area contributed by atoms with Crippen molar-refractivity contribution in [2.24, 2.45) is 0 Å². The number of aromatic hydroxyl groups is 3. The van der Waals surface area contributed by atoms with Crippen molar-refractivity contribution in [3.05, 3.63) is 5.56 Å². The average Bonchev–Trinajstić information content (AvgIpc) is 2.48. The van der Waals surface area contributed by atoms with Gasteiger partial charge in [-0.2, -0.15) is 0 Å². The Bertz CT molecular complexity index is 502. The van der Waals surface area contributed by atoms with Crippen LogP contribution in [-0.4, -0.2) is 23.7 Å². The molecule has 0 aliphatic carbocycles. The quantitative estimate of drug-likeness (QED) is 0.546. The van der Waals surface area contributed by atoms with Gasteiger partial charge in [-0.15, -0.1) is 8.42 Å². The molecule has 2 rings (SSSR count). The van der Waals surface area contributed by atoms with Crippen molar-refractivity contribution in [3.63, 3.8) is 0 Å². The Balaban J connectivity index is 2.80. The zero-order chi connectivity index (χ0) is 11.4. The monoisotopic (exact) mass is 234 g/mol. The van der Waals surface area contributed by atoms with Crippen LogP contribution in [0.2, 0.25) is 0 Å². The third-order valence-electron chi connectivity index (χ3n) is 1.94. The zero-order valence-corrected chi connectivity index (χ0v) is 8.20. The minimum atomic E-state index is -4.27. The Labute approximate surface area is 84.4 Å². The van der Waals surface area contributed by atoms with Gasteiger partial charge in [0.1, 0.15) is 0 Å². The Hall–Kier alpha value is -1.83. The number of benzene rings is 1. The van der Waals surface area contributed by atoms with Gasteiger partial charge >= 0.3 is 10.4 Å². The third-order valence-corrected chi connectivity index (χ3v) is 2.68. The standard InChI is InChI=1S/C7H6O7S/c1-2-3(8)4(9)5(10)7-6(2)13-15(11,12)14-7/h8-10H,1H3. The van der Waals surface area contributed by atoms with E-state index in [0.717, 1.165) is 0 Å². The fourth-order valence-electron chi connectivity index (χ4n) is 1.18. The molecular formula is C7H6O7S. The molecular weight excluding hydrogens is 228 g/mol. The molecule has 0 radical (unpaired) electrons. The molecule has 1 aromatic rings. The van der Waals surface area contributed by atoms with E-state index < -0.39 is 33.4 Å². The molecule has 0 saturated carbocycles. The van der Waals surface area contributed by atoms with Crippen LogP contribution < -0.4 is 8.37 Å². The van der Waals surface area contributed by atoms with Crippen molar-refractivity contribution in [1.82, 2.24) is 0 Å². The van der Waals surface area contributed by atoms with Crippen LogP contribution in [0.15, 0.2) is 0 Å². The van der Waals surface area contributed by atoms with Gasteiger partial charge in [0.25, 0.3) is 0 Å². The summed E-state index contributed by atoms with van der Waals surface area (Å²) in [5, 5.41) is 27.7. The lowest BCUT2D eigenvalue weighted by Crippen LogP contribution is -2.08. The van der Waals surface area contributed by atoms with E-state index in [-0.39, 0.29) is 11.3 Å². The molecule has 3 N–H and O–H groups in total. The van der Waals surface area contributed by atoms with Gasteiger partial charge in [-0.1, -0.05) is 0 Å². The van der Waals surface area contributed by atoms with Crippen LogP contribution >= 0.6 is 0 Å². The maximum absolute atomic E-state index is 10.9. The van der Waals surface area contributed by atoms with Crippen LogP contribution in [0.3, 0.4) is 0 Å². The maximum atomic E-state index is 10.9. The van der Waals surface area contributed by atoms with E-state index in [2.05, 4.69) is 8.37 Å². The average molecular weight is 234 g/mol. The van der Waals surface area contributed by atoms with E-state index in [1.165, 1.54) is 6.92 Å². The fourth-order valence-corrected chi connectivity index (χ4v) is 1.98. The first-order valence-corrected chi connectivity index (χ1v) is 5.08. The lowest BCUT2D eigenvalue weighted by atomic mass is 10.1. The summed E-state index contributed by atoms with van der Waals surface area (Å²) >= 11 is 0. The second-order valence-corrected chi connectivity index (χ2v) is 4.05. The first kappa shape index (κ1) is 9.71. The summed E-state index contributed by atoms with van der Waals surface area (Å²) in [5.41, 5.74) is -0.0404. The van der Waals surface area contributed by atoms with Crippen LogP contribution in [0.5, 0.6) is 28.7 Å². The summed E-state index contributed by atoms with van der Waals surface area (Å²) in [6.45, 7) is 1.30. The number of fused-ring (bicyclic) bond motifs is 1. The molecule has 0 atom stereocenters. The lowest BCUT2D eigenvalue weighted by Gasteiger charge is -2.06. The van der Waals surface area contributed by atoms with Crippen molar-refractivity contribution in [2.45, 2.75) is 6.92 Å². The highest BCUT2D eigenvalue weighted by atomic mass is 32.3.